The zero-order valence-electron chi connectivity index (χ0n) is 8.69. The smallest absolute Gasteiger partial charge is 0.133 e. The van der Waals surface area contributed by atoms with Gasteiger partial charge in [0.25, 0.3) is 0 Å². The Balaban J connectivity index is -0.000000605. The minimum absolute atomic E-state index is 0. The molecule has 0 aromatic rings. The molecule has 0 bridgehead atoms. The first-order valence-corrected chi connectivity index (χ1v) is 6.11. The Kier molecular flexibility index (Phi) is 24.5. The average molecular weight is 323 g/mol. The van der Waals surface area contributed by atoms with Gasteiger partial charge in [0.05, 0.1) is 0 Å². The molecule has 0 aliphatic heterocycles. The van der Waals surface area contributed by atoms with Crippen LogP contribution >= 0.6 is 24.0 Å². The number of unbranched alkanes of at least 4 members (excludes halogenated alkanes) is 2. The van der Waals surface area contributed by atoms with Crippen LogP contribution in [-0.4, -0.2) is 16.6 Å². The van der Waals surface area contributed by atoms with Gasteiger partial charge in [0.15, 0.2) is 0 Å². The molecular formula is C9H19NNi2S2. The van der Waals surface area contributed by atoms with Gasteiger partial charge in [0.1, 0.15) is 4.32 Å². The zero-order valence-corrected chi connectivity index (χ0v) is 12.3. The molecule has 0 amide bonds. The summed E-state index contributed by atoms with van der Waals surface area (Å²) >= 11 is 6.90. The van der Waals surface area contributed by atoms with Gasteiger partial charge in [-0.1, -0.05) is 50.7 Å². The quantitative estimate of drug-likeness (QED) is 0.458. The van der Waals surface area contributed by atoms with Crippen molar-refractivity contribution in [2.75, 3.05) is 12.3 Å². The van der Waals surface area contributed by atoms with Crippen molar-refractivity contribution in [1.29, 1.82) is 0 Å². The van der Waals surface area contributed by atoms with Gasteiger partial charge in [-0.25, -0.2) is 0 Å². The van der Waals surface area contributed by atoms with Crippen molar-refractivity contribution in [3.05, 3.63) is 0 Å². The van der Waals surface area contributed by atoms with E-state index in [1.54, 1.807) is 11.8 Å². The van der Waals surface area contributed by atoms with Gasteiger partial charge in [0, 0.05) is 45.3 Å². The van der Waals surface area contributed by atoms with Crippen LogP contribution in [0.2, 0.25) is 0 Å². The summed E-state index contributed by atoms with van der Waals surface area (Å²) in [6.45, 7) is 5.43. The number of hydrogen-bond acceptors (Lipinski definition) is 2. The molecule has 92 valence electrons. The van der Waals surface area contributed by atoms with Crippen LogP contribution in [0.5, 0.6) is 0 Å². The van der Waals surface area contributed by atoms with Crippen molar-refractivity contribution in [3.63, 3.8) is 0 Å². The van der Waals surface area contributed by atoms with Gasteiger partial charge < -0.3 is 5.32 Å². The predicted molar refractivity (Wildman–Crippen MR) is 62.9 cm³/mol. The van der Waals surface area contributed by atoms with Crippen LogP contribution in [0.3, 0.4) is 0 Å². The van der Waals surface area contributed by atoms with Crippen LogP contribution in [0, 0.1) is 0 Å². The molecule has 0 aromatic carbocycles. The molecule has 0 heterocycles. The van der Waals surface area contributed by atoms with Crippen molar-refractivity contribution in [2.45, 2.75) is 39.5 Å². The molecule has 0 unspecified atom stereocenters. The maximum atomic E-state index is 5.13. The molecule has 1 N–H and O–H groups in total. The van der Waals surface area contributed by atoms with E-state index in [0.717, 1.165) is 16.6 Å². The van der Waals surface area contributed by atoms with Gasteiger partial charge in [-0.05, 0) is 12.8 Å². The topological polar surface area (TPSA) is 12.0 Å². The summed E-state index contributed by atoms with van der Waals surface area (Å²) in [4.78, 5) is 0. The van der Waals surface area contributed by atoms with Gasteiger partial charge in [-0.3, -0.25) is 0 Å². The van der Waals surface area contributed by atoms with Crippen molar-refractivity contribution in [2.24, 2.45) is 0 Å². The molecular weight excluding hydrogens is 304 g/mol. The van der Waals surface area contributed by atoms with E-state index in [-0.39, 0.29) is 33.0 Å². The number of thiocarbonyl (C=S) groups is 1. The minimum atomic E-state index is 0. The monoisotopic (exact) mass is 321 g/mol. The summed E-state index contributed by atoms with van der Waals surface area (Å²) in [5, 5.41) is 3.24. The van der Waals surface area contributed by atoms with Crippen LogP contribution in [0.4, 0.5) is 0 Å². The Morgan fingerprint density at radius 2 is 1.71 bits per heavy atom. The second kappa shape index (κ2) is 16.6. The van der Waals surface area contributed by atoms with Crippen molar-refractivity contribution in [3.8, 4) is 0 Å². The van der Waals surface area contributed by atoms with E-state index in [9.17, 15) is 0 Å². The molecule has 0 aliphatic carbocycles. The second-order valence-corrected chi connectivity index (χ2v) is 4.54. The van der Waals surface area contributed by atoms with Gasteiger partial charge in [-0.2, -0.15) is 0 Å². The molecule has 0 spiro atoms. The Morgan fingerprint density at radius 3 is 2.21 bits per heavy atom. The molecule has 0 aromatic heterocycles. The molecule has 0 saturated heterocycles. The van der Waals surface area contributed by atoms with Crippen molar-refractivity contribution in [1.82, 2.24) is 5.32 Å². The summed E-state index contributed by atoms with van der Waals surface area (Å²) in [6.07, 6.45) is 4.97. The maximum absolute atomic E-state index is 5.13. The zero-order chi connectivity index (χ0) is 9.23. The van der Waals surface area contributed by atoms with E-state index in [0.29, 0.717) is 0 Å². The number of hydrogen-bond donors (Lipinski definition) is 1. The molecule has 1 nitrogen and oxygen atoms in total. The minimum Gasteiger partial charge on any atom is -0.371 e. The molecule has 0 radical (unpaired) electrons. The van der Waals surface area contributed by atoms with E-state index in [1.807, 2.05) is 0 Å². The van der Waals surface area contributed by atoms with E-state index in [1.165, 1.54) is 25.7 Å². The molecule has 0 saturated carbocycles. The summed E-state index contributed by atoms with van der Waals surface area (Å²) in [5.74, 6) is 1.16. The Labute approximate surface area is 118 Å². The molecule has 0 aliphatic rings. The fourth-order valence-corrected chi connectivity index (χ4v) is 1.90. The van der Waals surface area contributed by atoms with Crippen LogP contribution in [0.15, 0.2) is 0 Å². The third kappa shape index (κ3) is 15.7. The van der Waals surface area contributed by atoms with Gasteiger partial charge in [0.2, 0.25) is 0 Å². The molecule has 5 heteroatoms. The first-order chi connectivity index (χ1) is 5.81. The fraction of sp³-hybridized carbons (Fsp3) is 0.889. The molecule has 14 heavy (non-hydrogen) atoms. The summed E-state index contributed by atoms with van der Waals surface area (Å²) in [7, 11) is 0. The Hall–Kier alpha value is 1.23. The van der Waals surface area contributed by atoms with Crippen molar-refractivity contribution >= 4 is 28.3 Å². The molecule has 0 rings (SSSR count). The van der Waals surface area contributed by atoms with E-state index in [2.05, 4.69) is 19.2 Å². The Bertz CT molecular complexity index is 111. The fourth-order valence-electron chi connectivity index (χ4n) is 0.727. The maximum Gasteiger partial charge on any atom is 0.133 e. The summed E-state index contributed by atoms with van der Waals surface area (Å²) in [5.41, 5.74) is 0. The predicted octanol–water partition coefficient (Wildman–Crippen LogP) is 3.19. The van der Waals surface area contributed by atoms with Gasteiger partial charge in [-0.15, -0.1) is 0 Å². The normalized spacial score (nSPS) is 8.43. The number of rotatable bonds is 6. The van der Waals surface area contributed by atoms with E-state index in [4.69, 9.17) is 12.2 Å². The summed E-state index contributed by atoms with van der Waals surface area (Å²) in [6, 6.07) is 0. The van der Waals surface area contributed by atoms with Gasteiger partial charge >= 0.3 is 0 Å². The number of nitrogens with one attached hydrogen (secondary N) is 1. The largest absolute Gasteiger partial charge is 0.371 e. The number of thioether (sulfide) groups is 1. The SMILES string of the molecule is CCCCNC(=S)SCCCC.[Ni].[Ni]. The third-order valence-electron chi connectivity index (χ3n) is 1.53. The van der Waals surface area contributed by atoms with Crippen LogP contribution in [0.25, 0.3) is 0 Å². The first-order valence-electron chi connectivity index (χ1n) is 4.71. The average Bonchev–Trinajstić information content (AvgIpc) is 2.06. The molecule has 0 atom stereocenters. The summed E-state index contributed by atoms with van der Waals surface area (Å²) < 4.78 is 0.969. The second-order valence-electron chi connectivity index (χ2n) is 2.77. The van der Waals surface area contributed by atoms with E-state index < -0.39 is 0 Å². The first kappa shape index (κ1) is 20.6. The standard InChI is InChI=1S/C9H19NS2.2Ni/c1-3-5-7-10-9(11)12-8-6-4-2;;/h3-8H2,1-2H3,(H,10,11);;. The van der Waals surface area contributed by atoms with Crippen molar-refractivity contribution < 1.29 is 33.0 Å². The molecule has 0 fully saturated rings. The third-order valence-corrected chi connectivity index (χ3v) is 2.93. The van der Waals surface area contributed by atoms with Crippen LogP contribution in [0.1, 0.15) is 39.5 Å². The van der Waals surface area contributed by atoms with Crippen LogP contribution < -0.4 is 5.32 Å². The Morgan fingerprint density at radius 1 is 1.14 bits per heavy atom. The van der Waals surface area contributed by atoms with Crippen LogP contribution in [-0.2, 0) is 33.0 Å². The van der Waals surface area contributed by atoms with E-state index >= 15 is 0 Å².